The fraction of sp³-hybridized carbons (Fsp3) is 0.562. The predicted molar refractivity (Wildman–Crippen MR) is 178 cm³/mol. The van der Waals surface area contributed by atoms with Gasteiger partial charge in [0, 0.05) is 35.0 Å². The number of carbonyl (C=O) groups excluding carboxylic acids is 4. The number of oxime groups is 1. The first kappa shape index (κ1) is 36.8. The van der Waals surface area contributed by atoms with E-state index in [0.717, 1.165) is 35.7 Å². The highest BCUT2D eigenvalue weighted by Crippen LogP contribution is 2.40. The number of aliphatic carboxylic acids is 1. The molecule has 2 aromatic heterocycles. The Labute approximate surface area is 288 Å². The Morgan fingerprint density at radius 2 is 1.75 bits per heavy atom. The van der Waals surface area contributed by atoms with Gasteiger partial charge in [0.1, 0.15) is 18.0 Å². The lowest BCUT2D eigenvalue weighted by Gasteiger charge is -2.50. The molecule has 0 aromatic carbocycles. The number of amides is 2. The summed E-state index contributed by atoms with van der Waals surface area (Å²) in [5.74, 6) is -3.06. The molecule has 2 amide bonds. The van der Waals surface area contributed by atoms with E-state index in [9.17, 15) is 24.3 Å². The number of carboxylic acids is 1. The Morgan fingerprint density at radius 1 is 1.08 bits per heavy atom. The van der Waals surface area contributed by atoms with Crippen molar-refractivity contribution in [1.29, 1.82) is 0 Å². The van der Waals surface area contributed by atoms with Crippen molar-refractivity contribution in [2.24, 2.45) is 5.16 Å². The molecular weight excluding hydrogens is 659 g/mol. The van der Waals surface area contributed by atoms with Crippen LogP contribution in [0.2, 0.25) is 0 Å². The molecule has 2 aliphatic rings. The van der Waals surface area contributed by atoms with Gasteiger partial charge in [-0.2, -0.15) is 9.36 Å². The third kappa shape index (κ3) is 9.75. The van der Waals surface area contributed by atoms with Crippen LogP contribution in [0.4, 0.5) is 5.13 Å². The van der Waals surface area contributed by atoms with Crippen molar-refractivity contribution in [3.05, 3.63) is 47.2 Å². The van der Waals surface area contributed by atoms with Gasteiger partial charge in [-0.25, -0.2) is 9.36 Å². The first-order valence-electron chi connectivity index (χ1n) is 16.4. The second-order valence-electron chi connectivity index (χ2n) is 11.5. The molecule has 48 heavy (non-hydrogen) atoms. The lowest BCUT2D eigenvalue weighted by Crippen LogP contribution is -2.71. The molecule has 2 atom stereocenters. The molecular formula is C32H43N7O7S2. The van der Waals surface area contributed by atoms with Crippen LogP contribution in [0.15, 0.2) is 41.0 Å². The molecule has 0 aliphatic carbocycles. The number of β-lactam (4-membered cyclic amide) rings is 1. The Hall–Kier alpha value is -4.05. The summed E-state index contributed by atoms with van der Waals surface area (Å²) in [6, 6.07) is 2.22. The van der Waals surface area contributed by atoms with Crippen molar-refractivity contribution in [3.63, 3.8) is 0 Å². The first-order valence-corrected chi connectivity index (χ1v) is 18.2. The molecule has 2 aromatic rings. The summed E-state index contributed by atoms with van der Waals surface area (Å²) in [4.78, 5) is 61.1. The van der Waals surface area contributed by atoms with Gasteiger partial charge >= 0.3 is 5.97 Å². The predicted octanol–water partition coefficient (Wildman–Crippen LogP) is 2.33. The molecule has 1 unspecified atom stereocenters. The van der Waals surface area contributed by atoms with Crippen LogP contribution in [0, 0.1) is 0 Å². The number of carboxylic acid groups (broad SMARTS) is 1. The number of ether oxygens (including phenoxy) is 1. The van der Waals surface area contributed by atoms with Gasteiger partial charge in [-0.05, 0) is 13.3 Å². The molecule has 16 heteroatoms. The van der Waals surface area contributed by atoms with Crippen LogP contribution in [-0.4, -0.2) is 74.1 Å². The van der Waals surface area contributed by atoms with Crippen LogP contribution in [0.25, 0.3) is 0 Å². The van der Waals surface area contributed by atoms with Crippen molar-refractivity contribution in [3.8, 4) is 0 Å². The maximum absolute atomic E-state index is 13.2. The van der Waals surface area contributed by atoms with Gasteiger partial charge in [-0.15, -0.1) is 11.8 Å². The molecule has 0 bridgehead atoms. The Bertz CT molecular complexity index is 1500. The number of esters is 1. The molecule has 260 valence electrons. The second kappa shape index (κ2) is 18.5. The highest BCUT2D eigenvalue weighted by Gasteiger charge is 2.53. The quantitative estimate of drug-likeness (QED) is 0.0514. The smallest absolute Gasteiger partial charge is 0.338 e. The van der Waals surface area contributed by atoms with E-state index in [1.807, 2.05) is 0 Å². The SMILES string of the molecule is CCCCCCCCCCCCOC(=O)c1cc[n+](CC2=C(C(=O)[O-])N3C(=O)C(NC(=O)/C(=N\OCC)c4nsc(N)n4)[C@H]3SC2)cc1. The Balaban J connectivity index is 1.28. The van der Waals surface area contributed by atoms with E-state index >= 15 is 0 Å². The number of rotatable bonds is 20. The number of nitrogens with zero attached hydrogens (tertiary/aromatic N) is 5. The first-order chi connectivity index (χ1) is 23.2. The summed E-state index contributed by atoms with van der Waals surface area (Å²) >= 11 is 2.18. The summed E-state index contributed by atoms with van der Waals surface area (Å²) < 4.78 is 11.1. The number of hydrogen-bond donors (Lipinski definition) is 2. The molecule has 4 rings (SSSR count). The molecule has 3 N–H and O–H groups in total. The average molecular weight is 702 g/mol. The zero-order valence-corrected chi connectivity index (χ0v) is 29.0. The van der Waals surface area contributed by atoms with Gasteiger partial charge < -0.3 is 30.5 Å². The number of nitrogens with one attached hydrogen (secondary N) is 1. The zero-order chi connectivity index (χ0) is 34.5. The number of fused-ring (bicyclic) bond motifs is 1. The number of pyridine rings is 1. The lowest BCUT2D eigenvalue weighted by atomic mass is 10.0. The van der Waals surface area contributed by atoms with Crippen molar-refractivity contribution in [2.75, 3.05) is 24.7 Å². The maximum atomic E-state index is 13.2. The summed E-state index contributed by atoms with van der Waals surface area (Å²) in [5.41, 5.74) is 6.00. The fourth-order valence-corrected chi connectivity index (χ4v) is 7.17. The van der Waals surface area contributed by atoms with E-state index in [1.54, 1.807) is 36.0 Å². The number of carbonyl (C=O) groups is 4. The molecule has 1 saturated heterocycles. The van der Waals surface area contributed by atoms with E-state index in [0.29, 0.717) is 17.7 Å². The number of unbranched alkanes of at least 4 members (excludes halogenated alkanes) is 9. The minimum atomic E-state index is -1.50. The van der Waals surface area contributed by atoms with Gasteiger partial charge in [0.25, 0.3) is 11.8 Å². The summed E-state index contributed by atoms with van der Waals surface area (Å²) in [5, 5.41) is 18.1. The standard InChI is InChI=1S/C32H43N7O7S2/c1-3-5-6-7-8-9-10-11-12-13-18-45-31(44)21-14-16-38(17-15-21)19-22-20-47-29-24(28(41)39(29)25(22)30(42)43)34-27(40)23(36-46-4-2)26-35-32(33)48-37-26/h14-17,24,29H,3-13,18-20H2,1-2H3,(H3-,33,34,35,37,40,42,43)/b36-23-/t24?,29-/m1/s1. The molecule has 14 nitrogen and oxygen atoms in total. The number of hydrogen-bond acceptors (Lipinski definition) is 13. The largest absolute Gasteiger partial charge is 0.543 e. The topological polar surface area (TPSA) is 193 Å². The van der Waals surface area contributed by atoms with Crippen LogP contribution < -0.4 is 20.7 Å². The average Bonchev–Trinajstić information content (AvgIpc) is 3.51. The fourth-order valence-electron chi connectivity index (χ4n) is 5.40. The van der Waals surface area contributed by atoms with Crippen LogP contribution in [-0.2, 0) is 30.5 Å². The summed E-state index contributed by atoms with van der Waals surface area (Å²) in [6.45, 7) is 4.60. The van der Waals surface area contributed by atoms with Crippen molar-refractivity contribution in [1.82, 2.24) is 19.6 Å². The lowest BCUT2D eigenvalue weighted by molar-refractivity contribution is -0.689. The molecule has 0 radical (unpaired) electrons. The number of anilines is 1. The number of aromatic nitrogens is 3. The second-order valence-corrected chi connectivity index (χ2v) is 13.4. The van der Waals surface area contributed by atoms with Crippen LogP contribution in [0.1, 0.15) is 94.2 Å². The van der Waals surface area contributed by atoms with Crippen molar-refractivity contribution < 1.29 is 38.4 Å². The van der Waals surface area contributed by atoms with Crippen LogP contribution in [0.5, 0.6) is 0 Å². The minimum Gasteiger partial charge on any atom is -0.543 e. The molecule has 0 spiro atoms. The van der Waals surface area contributed by atoms with E-state index in [-0.39, 0.29) is 41.3 Å². The molecule has 0 saturated carbocycles. The zero-order valence-electron chi connectivity index (χ0n) is 27.4. The van der Waals surface area contributed by atoms with Gasteiger partial charge in [-0.1, -0.05) is 69.9 Å². The van der Waals surface area contributed by atoms with Crippen molar-refractivity contribution in [2.45, 2.75) is 96.0 Å². The number of thioether (sulfide) groups is 1. The summed E-state index contributed by atoms with van der Waals surface area (Å²) in [6.07, 6.45) is 15.3. The van der Waals surface area contributed by atoms with Crippen molar-refractivity contribution >= 4 is 57.9 Å². The third-order valence-corrected chi connectivity index (χ3v) is 9.79. The normalized spacial score (nSPS) is 17.5. The van der Waals surface area contributed by atoms with Gasteiger partial charge in [0.05, 0.1) is 23.8 Å². The third-order valence-electron chi connectivity index (χ3n) is 7.91. The molecule has 2 aliphatic heterocycles. The summed E-state index contributed by atoms with van der Waals surface area (Å²) in [7, 11) is 0. The minimum absolute atomic E-state index is 0.0497. The van der Waals surface area contributed by atoms with Crippen LogP contribution in [0.3, 0.4) is 0 Å². The molecule has 1 fully saturated rings. The monoisotopic (exact) mass is 701 g/mol. The van der Waals surface area contributed by atoms with Crippen LogP contribution >= 0.6 is 23.3 Å². The maximum Gasteiger partial charge on any atom is 0.338 e. The van der Waals surface area contributed by atoms with E-state index in [4.69, 9.17) is 15.3 Å². The van der Waals surface area contributed by atoms with Gasteiger partial charge in [0.2, 0.25) is 11.5 Å². The number of nitrogen functional groups attached to an aromatic ring is 1. The van der Waals surface area contributed by atoms with Gasteiger partial charge in [-0.3, -0.25) is 14.5 Å². The van der Waals surface area contributed by atoms with E-state index in [2.05, 4.69) is 26.8 Å². The highest BCUT2D eigenvalue weighted by atomic mass is 32.2. The Morgan fingerprint density at radius 3 is 2.35 bits per heavy atom. The molecule has 4 heterocycles. The van der Waals surface area contributed by atoms with E-state index in [1.165, 1.54) is 56.7 Å². The Kier molecular flexibility index (Phi) is 14.2. The van der Waals surface area contributed by atoms with Gasteiger partial charge in [0.15, 0.2) is 24.1 Å². The number of nitrogens with two attached hydrogens (primary N) is 1. The highest BCUT2D eigenvalue weighted by molar-refractivity contribution is 8.00. The van der Waals surface area contributed by atoms with E-state index < -0.39 is 35.2 Å².